The summed E-state index contributed by atoms with van der Waals surface area (Å²) in [6.07, 6.45) is 0.846. The van der Waals surface area contributed by atoms with Crippen molar-refractivity contribution in [1.82, 2.24) is 15.0 Å². The second-order valence-electron chi connectivity index (χ2n) is 7.16. The van der Waals surface area contributed by atoms with Crippen molar-refractivity contribution < 1.29 is 13.2 Å². The topological polar surface area (TPSA) is 88.2 Å². The zero-order chi connectivity index (χ0) is 21.0. The molecule has 0 saturated carbocycles. The molecular formula is C21H25N3O3S2. The number of carbonyl (C=O) groups is 1. The fourth-order valence-electron chi connectivity index (χ4n) is 2.94. The predicted molar refractivity (Wildman–Crippen MR) is 116 cm³/mol. The van der Waals surface area contributed by atoms with E-state index in [-0.39, 0.29) is 23.3 Å². The van der Waals surface area contributed by atoms with Gasteiger partial charge in [0, 0.05) is 5.38 Å². The van der Waals surface area contributed by atoms with Crippen molar-refractivity contribution in [1.29, 1.82) is 0 Å². The summed E-state index contributed by atoms with van der Waals surface area (Å²) >= 11 is 1.55. The van der Waals surface area contributed by atoms with E-state index in [1.165, 1.54) is 0 Å². The van der Waals surface area contributed by atoms with Gasteiger partial charge in [0.25, 0.3) is 0 Å². The summed E-state index contributed by atoms with van der Waals surface area (Å²) < 4.78 is 28.4. The SMILES string of the molecule is CCc1nc(CNC(=O)C(NS(=O)(=O)c2ccc3ccccc3c2)C(C)C)cs1. The summed E-state index contributed by atoms with van der Waals surface area (Å²) in [5.74, 6) is -0.581. The van der Waals surface area contributed by atoms with Gasteiger partial charge >= 0.3 is 0 Å². The highest BCUT2D eigenvalue weighted by Gasteiger charge is 2.28. The molecule has 3 aromatic rings. The fourth-order valence-corrected chi connectivity index (χ4v) is 5.07. The summed E-state index contributed by atoms with van der Waals surface area (Å²) in [5.41, 5.74) is 0.778. The van der Waals surface area contributed by atoms with Crippen molar-refractivity contribution in [2.45, 2.75) is 44.7 Å². The average Bonchev–Trinajstić information content (AvgIpc) is 3.18. The number of carbonyl (C=O) groups excluding carboxylic acids is 1. The molecule has 6 nitrogen and oxygen atoms in total. The Hall–Kier alpha value is -2.29. The van der Waals surface area contributed by atoms with Crippen LogP contribution in [0.3, 0.4) is 0 Å². The lowest BCUT2D eigenvalue weighted by molar-refractivity contribution is -0.123. The van der Waals surface area contributed by atoms with E-state index in [1.807, 2.05) is 50.4 Å². The minimum absolute atomic E-state index is 0.140. The first-order chi connectivity index (χ1) is 13.8. The van der Waals surface area contributed by atoms with E-state index in [1.54, 1.807) is 29.5 Å². The maximum absolute atomic E-state index is 12.9. The monoisotopic (exact) mass is 431 g/mol. The molecule has 154 valence electrons. The molecule has 0 saturated heterocycles. The second-order valence-corrected chi connectivity index (χ2v) is 9.81. The zero-order valence-electron chi connectivity index (χ0n) is 16.7. The average molecular weight is 432 g/mol. The van der Waals surface area contributed by atoms with Crippen LogP contribution in [-0.4, -0.2) is 25.4 Å². The molecule has 1 unspecified atom stereocenters. The third-order valence-electron chi connectivity index (χ3n) is 4.61. The Morgan fingerprint density at radius 3 is 2.52 bits per heavy atom. The van der Waals surface area contributed by atoms with Crippen LogP contribution in [0.15, 0.2) is 52.7 Å². The summed E-state index contributed by atoms with van der Waals surface area (Å²) in [5, 5.41) is 7.50. The van der Waals surface area contributed by atoms with E-state index in [0.29, 0.717) is 0 Å². The van der Waals surface area contributed by atoms with Crippen molar-refractivity contribution in [2.75, 3.05) is 0 Å². The molecule has 8 heteroatoms. The Balaban J connectivity index is 1.74. The summed E-state index contributed by atoms with van der Waals surface area (Å²) in [6, 6.07) is 11.6. The number of hydrogen-bond donors (Lipinski definition) is 2. The van der Waals surface area contributed by atoms with Crippen LogP contribution in [0.25, 0.3) is 10.8 Å². The Bertz CT molecular complexity index is 1110. The standard InChI is InChI=1S/C21H25N3O3S2/c1-4-19-23-17(13-28-19)12-22-21(25)20(14(2)3)24-29(26,27)18-10-9-15-7-5-6-8-16(15)11-18/h5-11,13-14,20,24H,4,12H2,1-3H3,(H,22,25). The Morgan fingerprint density at radius 2 is 1.86 bits per heavy atom. The van der Waals surface area contributed by atoms with Crippen LogP contribution in [0.1, 0.15) is 31.5 Å². The van der Waals surface area contributed by atoms with Crippen molar-refractivity contribution in [2.24, 2.45) is 5.92 Å². The van der Waals surface area contributed by atoms with Crippen molar-refractivity contribution >= 4 is 38.0 Å². The molecule has 0 aliphatic rings. The van der Waals surface area contributed by atoms with Crippen molar-refractivity contribution in [3.63, 3.8) is 0 Å². The number of aromatic nitrogens is 1. The molecule has 1 atom stereocenters. The highest BCUT2D eigenvalue weighted by molar-refractivity contribution is 7.89. The van der Waals surface area contributed by atoms with Gasteiger partial charge in [-0.05, 0) is 35.2 Å². The number of rotatable bonds is 8. The molecule has 0 bridgehead atoms. The van der Waals surface area contributed by atoms with Crippen LogP contribution in [0.4, 0.5) is 0 Å². The van der Waals surface area contributed by atoms with Gasteiger partial charge in [0.1, 0.15) is 6.04 Å². The Kier molecular flexibility index (Phi) is 6.66. The van der Waals surface area contributed by atoms with Gasteiger partial charge in [-0.25, -0.2) is 13.4 Å². The summed E-state index contributed by atoms with van der Waals surface area (Å²) in [6.45, 7) is 5.92. The highest BCUT2D eigenvalue weighted by Crippen LogP contribution is 2.20. The number of hydrogen-bond acceptors (Lipinski definition) is 5. The first-order valence-corrected chi connectivity index (χ1v) is 11.9. The van der Waals surface area contributed by atoms with Gasteiger partial charge in [-0.1, -0.05) is 51.1 Å². The third-order valence-corrected chi connectivity index (χ3v) is 7.09. The first-order valence-electron chi connectivity index (χ1n) is 9.52. The fraction of sp³-hybridized carbons (Fsp3) is 0.333. The molecule has 0 aliphatic carbocycles. The number of thiazole rings is 1. The lowest BCUT2D eigenvalue weighted by Crippen LogP contribution is -2.49. The van der Waals surface area contributed by atoms with Gasteiger partial charge < -0.3 is 5.32 Å². The molecule has 2 N–H and O–H groups in total. The highest BCUT2D eigenvalue weighted by atomic mass is 32.2. The summed E-state index contributed by atoms with van der Waals surface area (Å²) in [4.78, 5) is 17.3. The third kappa shape index (κ3) is 5.20. The van der Waals surface area contributed by atoms with Crippen LogP contribution < -0.4 is 10.0 Å². The number of fused-ring (bicyclic) bond motifs is 1. The number of sulfonamides is 1. The van der Waals surface area contributed by atoms with E-state index in [9.17, 15) is 13.2 Å². The van der Waals surface area contributed by atoms with Gasteiger partial charge in [-0.15, -0.1) is 11.3 Å². The smallest absolute Gasteiger partial charge is 0.241 e. The van der Waals surface area contributed by atoms with E-state index >= 15 is 0 Å². The minimum Gasteiger partial charge on any atom is -0.349 e. The van der Waals surface area contributed by atoms with Gasteiger partial charge in [-0.2, -0.15) is 4.72 Å². The molecule has 1 aromatic heterocycles. The quantitative estimate of drug-likeness (QED) is 0.572. The van der Waals surface area contributed by atoms with Crippen LogP contribution >= 0.6 is 11.3 Å². The van der Waals surface area contributed by atoms with E-state index in [4.69, 9.17) is 0 Å². The zero-order valence-corrected chi connectivity index (χ0v) is 18.3. The van der Waals surface area contributed by atoms with E-state index < -0.39 is 16.1 Å². The van der Waals surface area contributed by atoms with Gasteiger partial charge in [-0.3, -0.25) is 4.79 Å². The van der Waals surface area contributed by atoms with Crippen molar-refractivity contribution in [3.8, 4) is 0 Å². The molecular weight excluding hydrogens is 406 g/mol. The van der Waals surface area contributed by atoms with Crippen LogP contribution in [0, 0.1) is 5.92 Å². The lowest BCUT2D eigenvalue weighted by Gasteiger charge is -2.21. The normalized spacial score (nSPS) is 13.0. The van der Waals surface area contributed by atoms with E-state index in [2.05, 4.69) is 15.0 Å². The van der Waals surface area contributed by atoms with Crippen LogP contribution in [0.2, 0.25) is 0 Å². The number of nitrogens with zero attached hydrogens (tertiary/aromatic N) is 1. The molecule has 2 aromatic carbocycles. The molecule has 3 rings (SSSR count). The predicted octanol–water partition coefficient (Wildman–Crippen LogP) is 3.48. The molecule has 0 radical (unpaired) electrons. The molecule has 0 aliphatic heterocycles. The van der Waals surface area contributed by atoms with Crippen LogP contribution in [-0.2, 0) is 27.8 Å². The largest absolute Gasteiger partial charge is 0.349 e. The number of nitrogens with one attached hydrogen (secondary N) is 2. The maximum Gasteiger partial charge on any atom is 0.241 e. The molecule has 1 amide bonds. The van der Waals surface area contributed by atoms with Crippen molar-refractivity contribution in [3.05, 3.63) is 58.5 Å². The molecule has 1 heterocycles. The minimum atomic E-state index is -3.85. The molecule has 29 heavy (non-hydrogen) atoms. The molecule has 0 fully saturated rings. The Labute approximate surface area is 175 Å². The summed E-state index contributed by atoms with van der Waals surface area (Å²) in [7, 11) is -3.85. The Morgan fingerprint density at radius 1 is 1.14 bits per heavy atom. The first kappa shape index (κ1) is 21.4. The van der Waals surface area contributed by atoms with Gasteiger partial charge in [0.05, 0.1) is 22.1 Å². The van der Waals surface area contributed by atoms with Gasteiger partial charge in [0.15, 0.2) is 0 Å². The number of amides is 1. The van der Waals surface area contributed by atoms with E-state index in [0.717, 1.165) is 27.9 Å². The van der Waals surface area contributed by atoms with Gasteiger partial charge in [0.2, 0.25) is 15.9 Å². The number of benzene rings is 2. The second kappa shape index (κ2) is 9.02. The molecule has 0 spiro atoms. The van der Waals surface area contributed by atoms with Crippen LogP contribution in [0.5, 0.6) is 0 Å². The number of aryl methyl sites for hydroxylation is 1. The maximum atomic E-state index is 12.9. The lowest BCUT2D eigenvalue weighted by atomic mass is 10.1.